The summed E-state index contributed by atoms with van der Waals surface area (Å²) < 4.78 is 7.10. The van der Waals surface area contributed by atoms with Gasteiger partial charge in [0.2, 0.25) is 0 Å². The van der Waals surface area contributed by atoms with Crippen LogP contribution in [-0.2, 0) is 16.1 Å². The third-order valence-electron chi connectivity index (χ3n) is 2.71. The molecule has 1 N–H and O–H groups in total. The Kier molecular flexibility index (Phi) is 4.44. The number of nitrogens with zero attached hydrogens (tertiary/aromatic N) is 2. The molecule has 0 saturated heterocycles. The number of fused-ring (bicyclic) bond motifs is 1. The first-order valence-electron chi connectivity index (χ1n) is 5.92. The Morgan fingerprint density at radius 3 is 3.00 bits per heavy atom. The highest BCUT2D eigenvalue weighted by molar-refractivity contribution is 7.99. The first-order valence-corrected chi connectivity index (χ1v) is 6.91. The molecule has 0 saturated carbocycles. The van der Waals surface area contributed by atoms with Gasteiger partial charge in [-0.05, 0) is 24.6 Å². The second kappa shape index (κ2) is 6.08. The average Bonchev–Trinajstić information content (AvgIpc) is 2.70. The standard InChI is InChI=1S/C13H16N2O3S/c1-9-3-4-11-10(7-9)14-13(19-8-12(16)17)15(11)5-6-18-2/h3-4,7H,5-6,8H2,1-2H3,(H,16,17). The van der Waals surface area contributed by atoms with Crippen LogP contribution in [0.4, 0.5) is 0 Å². The van der Waals surface area contributed by atoms with Gasteiger partial charge in [-0.3, -0.25) is 4.79 Å². The van der Waals surface area contributed by atoms with Crippen molar-refractivity contribution in [3.8, 4) is 0 Å². The van der Waals surface area contributed by atoms with Gasteiger partial charge in [-0.25, -0.2) is 4.98 Å². The van der Waals surface area contributed by atoms with E-state index >= 15 is 0 Å². The number of ether oxygens (including phenoxy) is 1. The van der Waals surface area contributed by atoms with E-state index in [0.29, 0.717) is 13.2 Å². The minimum absolute atomic E-state index is 0.00921. The van der Waals surface area contributed by atoms with Crippen LogP contribution in [0.2, 0.25) is 0 Å². The Bertz CT molecular complexity index is 595. The van der Waals surface area contributed by atoms with Crippen LogP contribution in [0, 0.1) is 6.92 Å². The number of hydrogen-bond acceptors (Lipinski definition) is 4. The van der Waals surface area contributed by atoms with Crippen molar-refractivity contribution in [1.29, 1.82) is 0 Å². The number of imidazole rings is 1. The van der Waals surface area contributed by atoms with Crippen LogP contribution < -0.4 is 0 Å². The molecule has 102 valence electrons. The molecular weight excluding hydrogens is 264 g/mol. The summed E-state index contributed by atoms with van der Waals surface area (Å²) in [6.45, 7) is 3.25. The summed E-state index contributed by atoms with van der Waals surface area (Å²) in [5, 5.41) is 9.50. The van der Waals surface area contributed by atoms with Crippen LogP contribution in [-0.4, -0.2) is 40.1 Å². The van der Waals surface area contributed by atoms with Crippen LogP contribution in [0.15, 0.2) is 23.4 Å². The zero-order valence-electron chi connectivity index (χ0n) is 10.9. The maximum Gasteiger partial charge on any atom is 0.313 e. The monoisotopic (exact) mass is 280 g/mol. The molecule has 0 aliphatic carbocycles. The molecule has 0 unspecified atom stereocenters. The molecule has 0 aliphatic heterocycles. The van der Waals surface area contributed by atoms with E-state index in [4.69, 9.17) is 9.84 Å². The lowest BCUT2D eigenvalue weighted by molar-refractivity contribution is -0.133. The largest absolute Gasteiger partial charge is 0.481 e. The number of carboxylic acids is 1. The minimum atomic E-state index is -0.841. The van der Waals surface area contributed by atoms with Crippen molar-refractivity contribution in [3.05, 3.63) is 23.8 Å². The minimum Gasteiger partial charge on any atom is -0.481 e. The lowest BCUT2D eigenvalue weighted by atomic mass is 10.2. The molecule has 0 spiro atoms. The fraction of sp³-hybridized carbons (Fsp3) is 0.385. The van der Waals surface area contributed by atoms with E-state index in [-0.39, 0.29) is 5.75 Å². The zero-order valence-corrected chi connectivity index (χ0v) is 11.7. The molecule has 5 nitrogen and oxygen atoms in total. The summed E-state index contributed by atoms with van der Waals surface area (Å²) in [7, 11) is 1.65. The average molecular weight is 280 g/mol. The van der Waals surface area contributed by atoms with E-state index < -0.39 is 5.97 Å². The van der Waals surface area contributed by atoms with Crippen molar-refractivity contribution in [3.63, 3.8) is 0 Å². The summed E-state index contributed by atoms with van der Waals surface area (Å²) >= 11 is 1.23. The first kappa shape index (κ1) is 13.9. The van der Waals surface area contributed by atoms with Crippen molar-refractivity contribution in [1.82, 2.24) is 9.55 Å². The number of carboxylic acid groups (broad SMARTS) is 1. The third-order valence-corrected chi connectivity index (χ3v) is 3.67. The number of aliphatic carboxylic acids is 1. The predicted octanol–water partition coefficient (Wildman–Crippen LogP) is 2.17. The molecule has 6 heteroatoms. The van der Waals surface area contributed by atoms with E-state index in [1.54, 1.807) is 7.11 Å². The number of methoxy groups -OCH3 is 1. The van der Waals surface area contributed by atoms with Crippen molar-refractivity contribution >= 4 is 28.8 Å². The maximum atomic E-state index is 10.7. The normalized spacial score (nSPS) is 11.1. The van der Waals surface area contributed by atoms with Gasteiger partial charge in [0.1, 0.15) is 0 Å². The van der Waals surface area contributed by atoms with Crippen molar-refractivity contribution in [2.75, 3.05) is 19.5 Å². The Labute approximate surface area is 115 Å². The number of thioether (sulfide) groups is 1. The molecule has 1 aromatic carbocycles. The fourth-order valence-corrected chi connectivity index (χ4v) is 2.61. The highest BCUT2D eigenvalue weighted by Crippen LogP contribution is 2.24. The number of rotatable bonds is 6. The van der Waals surface area contributed by atoms with Gasteiger partial charge in [0, 0.05) is 13.7 Å². The predicted molar refractivity (Wildman–Crippen MR) is 74.7 cm³/mol. The highest BCUT2D eigenvalue weighted by Gasteiger charge is 2.12. The lowest BCUT2D eigenvalue weighted by Crippen LogP contribution is -2.07. The summed E-state index contributed by atoms with van der Waals surface area (Å²) in [4.78, 5) is 15.2. The number of aryl methyl sites for hydroxylation is 1. The molecule has 0 fully saturated rings. The molecule has 1 aromatic heterocycles. The van der Waals surface area contributed by atoms with Gasteiger partial charge in [0.15, 0.2) is 5.16 Å². The van der Waals surface area contributed by atoms with Crippen LogP contribution in [0.5, 0.6) is 0 Å². The van der Waals surface area contributed by atoms with Gasteiger partial charge < -0.3 is 14.4 Å². The van der Waals surface area contributed by atoms with E-state index in [1.165, 1.54) is 11.8 Å². The summed E-state index contributed by atoms with van der Waals surface area (Å²) in [5.41, 5.74) is 3.04. The van der Waals surface area contributed by atoms with Crippen molar-refractivity contribution in [2.24, 2.45) is 0 Å². The Balaban J connectivity index is 2.38. The van der Waals surface area contributed by atoms with Gasteiger partial charge in [-0.15, -0.1) is 0 Å². The van der Waals surface area contributed by atoms with Crippen molar-refractivity contribution < 1.29 is 14.6 Å². The zero-order chi connectivity index (χ0) is 13.8. The molecule has 0 atom stereocenters. The van der Waals surface area contributed by atoms with Gasteiger partial charge in [-0.1, -0.05) is 17.8 Å². The number of benzene rings is 1. The van der Waals surface area contributed by atoms with E-state index in [0.717, 1.165) is 21.8 Å². The topological polar surface area (TPSA) is 64.3 Å². The van der Waals surface area contributed by atoms with Crippen molar-refractivity contribution in [2.45, 2.75) is 18.6 Å². The van der Waals surface area contributed by atoms with Gasteiger partial charge >= 0.3 is 5.97 Å². The second-order valence-electron chi connectivity index (χ2n) is 4.21. The molecular formula is C13H16N2O3S. The number of aromatic nitrogens is 2. The first-order chi connectivity index (χ1) is 9.11. The fourth-order valence-electron chi connectivity index (χ4n) is 1.85. The van der Waals surface area contributed by atoms with E-state index in [9.17, 15) is 4.79 Å². The SMILES string of the molecule is COCCn1c(SCC(=O)O)nc2cc(C)ccc21. The Hall–Kier alpha value is -1.53. The molecule has 2 rings (SSSR count). The van der Waals surface area contributed by atoms with Crippen LogP contribution in [0.3, 0.4) is 0 Å². The van der Waals surface area contributed by atoms with E-state index in [2.05, 4.69) is 4.98 Å². The molecule has 0 aliphatic rings. The highest BCUT2D eigenvalue weighted by atomic mass is 32.2. The molecule has 2 aromatic rings. The van der Waals surface area contributed by atoms with Crippen LogP contribution >= 0.6 is 11.8 Å². The molecule has 1 heterocycles. The molecule has 0 radical (unpaired) electrons. The lowest BCUT2D eigenvalue weighted by Gasteiger charge is -2.07. The molecule has 0 amide bonds. The second-order valence-corrected chi connectivity index (χ2v) is 5.16. The summed E-state index contributed by atoms with van der Waals surface area (Å²) in [6.07, 6.45) is 0. The van der Waals surface area contributed by atoms with Gasteiger partial charge in [-0.2, -0.15) is 0 Å². The van der Waals surface area contributed by atoms with E-state index in [1.807, 2.05) is 29.7 Å². The quantitative estimate of drug-likeness (QED) is 0.822. The molecule has 0 bridgehead atoms. The Morgan fingerprint density at radius 1 is 1.53 bits per heavy atom. The summed E-state index contributed by atoms with van der Waals surface area (Å²) in [5.74, 6) is -0.832. The number of carbonyl (C=O) groups is 1. The van der Waals surface area contributed by atoms with Crippen LogP contribution in [0.1, 0.15) is 5.56 Å². The summed E-state index contributed by atoms with van der Waals surface area (Å²) in [6, 6.07) is 6.04. The molecule has 19 heavy (non-hydrogen) atoms. The van der Waals surface area contributed by atoms with Crippen LogP contribution in [0.25, 0.3) is 11.0 Å². The third kappa shape index (κ3) is 3.27. The smallest absolute Gasteiger partial charge is 0.313 e. The van der Waals surface area contributed by atoms with Gasteiger partial charge in [0.25, 0.3) is 0 Å². The number of hydrogen-bond donors (Lipinski definition) is 1. The Morgan fingerprint density at radius 2 is 2.32 bits per heavy atom. The maximum absolute atomic E-state index is 10.7. The van der Waals surface area contributed by atoms with Gasteiger partial charge in [0.05, 0.1) is 23.4 Å².